The lowest BCUT2D eigenvalue weighted by Gasteiger charge is -2.04. The monoisotopic (exact) mass is 221 g/mol. The van der Waals surface area contributed by atoms with Crippen LogP contribution >= 0.6 is 0 Å². The van der Waals surface area contributed by atoms with Gasteiger partial charge in [-0.3, -0.25) is 4.98 Å². The van der Waals surface area contributed by atoms with E-state index in [4.69, 9.17) is 0 Å². The number of hydrogen-bond acceptors (Lipinski definition) is 3. The molecule has 0 bridgehead atoms. The third-order valence-corrected chi connectivity index (χ3v) is 4.10. The second kappa shape index (κ2) is 3.62. The predicted octanol–water partition coefficient (Wildman–Crippen LogP) is 2.03. The van der Waals surface area contributed by atoms with Crippen LogP contribution in [0.4, 0.5) is 0 Å². The summed E-state index contributed by atoms with van der Waals surface area (Å²) in [4.78, 5) is 4.27. The Labute approximate surface area is 88.7 Å². The van der Waals surface area contributed by atoms with Crippen LogP contribution in [0.5, 0.6) is 0 Å². The minimum absolute atomic E-state index is 0.0999. The highest BCUT2D eigenvalue weighted by atomic mass is 32.2. The number of sulfone groups is 1. The van der Waals surface area contributed by atoms with Gasteiger partial charge in [0, 0.05) is 23.2 Å². The largest absolute Gasteiger partial charge is 0.263 e. The van der Waals surface area contributed by atoms with Crippen LogP contribution in [0.1, 0.15) is 6.92 Å². The number of benzene rings is 1. The maximum Gasteiger partial charge on any atom is 0.180 e. The number of rotatable bonds is 2. The molecule has 1 aromatic carbocycles. The third-order valence-electron chi connectivity index (χ3n) is 2.35. The Morgan fingerprint density at radius 3 is 2.67 bits per heavy atom. The molecule has 0 aliphatic rings. The van der Waals surface area contributed by atoms with E-state index in [2.05, 4.69) is 4.98 Å². The summed E-state index contributed by atoms with van der Waals surface area (Å²) in [6.45, 7) is 1.64. The minimum Gasteiger partial charge on any atom is -0.263 e. The summed E-state index contributed by atoms with van der Waals surface area (Å²) in [5.41, 5.74) is 0. The van der Waals surface area contributed by atoms with E-state index in [0.717, 1.165) is 10.8 Å². The lowest BCUT2D eigenvalue weighted by Crippen LogP contribution is -2.04. The van der Waals surface area contributed by atoms with Crippen LogP contribution in [0.2, 0.25) is 0 Å². The van der Waals surface area contributed by atoms with Crippen LogP contribution in [0.15, 0.2) is 41.6 Å². The number of hydrogen-bond donors (Lipinski definition) is 0. The van der Waals surface area contributed by atoms with Gasteiger partial charge in [-0.2, -0.15) is 0 Å². The number of pyridine rings is 1. The van der Waals surface area contributed by atoms with Gasteiger partial charge in [-0.15, -0.1) is 0 Å². The fourth-order valence-electron chi connectivity index (χ4n) is 1.49. The topological polar surface area (TPSA) is 47.0 Å². The van der Waals surface area contributed by atoms with Crippen molar-refractivity contribution in [1.29, 1.82) is 0 Å². The maximum atomic E-state index is 11.8. The van der Waals surface area contributed by atoms with E-state index in [0.29, 0.717) is 4.90 Å². The van der Waals surface area contributed by atoms with Crippen molar-refractivity contribution in [3.8, 4) is 0 Å². The van der Waals surface area contributed by atoms with Crippen molar-refractivity contribution in [2.45, 2.75) is 11.8 Å². The van der Waals surface area contributed by atoms with E-state index in [1.807, 2.05) is 18.2 Å². The lowest BCUT2D eigenvalue weighted by atomic mass is 10.2. The van der Waals surface area contributed by atoms with Crippen molar-refractivity contribution in [3.63, 3.8) is 0 Å². The summed E-state index contributed by atoms with van der Waals surface area (Å²) in [6.07, 6.45) is 3.09. The van der Waals surface area contributed by atoms with Crippen LogP contribution < -0.4 is 0 Å². The van der Waals surface area contributed by atoms with Gasteiger partial charge in [0.05, 0.1) is 10.6 Å². The van der Waals surface area contributed by atoms with Gasteiger partial charge in [0.1, 0.15) is 0 Å². The Bertz CT molecular complexity index is 585. The average Bonchev–Trinajstić information content (AvgIpc) is 2.28. The molecule has 1 heterocycles. The zero-order valence-corrected chi connectivity index (χ0v) is 9.16. The van der Waals surface area contributed by atoms with E-state index in [9.17, 15) is 8.42 Å². The summed E-state index contributed by atoms with van der Waals surface area (Å²) in [7, 11) is -3.19. The molecule has 0 spiro atoms. The molecular formula is C11H11NO2S. The second-order valence-corrected chi connectivity index (χ2v) is 5.51. The van der Waals surface area contributed by atoms with Gasteiger partial charge in [0.2, 0.25) is 0 Å². The van der Waals surface area contributed by atoms with Gasteiger partial charge in [-0.25, -0.2) is 8.42 Å². The highest BCUT2D eigenvalue weighted by Crippen LogP contribution is 2.21. The standard InChI is InChI=1S/C11H11NO2S/c1-2-15(13,14)11-8-12-7-9-5-3-4-6-10(9)11/h3-8H,2H2,1H3. The Morgan fingerprint density at radius 2 is 1.93 bits per heavy atom. The second-order valence-electron chi connectivity index (χ2n) is 3.26. The molecule has 78 valence electrons. The van der Waals surface area contributed by atoms with Crippen LogP contribution in [-0.2, 0) is 9.84 Å². The molecule has 15 heavy (non-hydrogen) atoms. The van der Waals surface area contributed by atoms with Crippen molar-refractivity contribution < 1.29 is 8.42 Å². The predicted molar refractivity (Wildman–Crippen MR) is 59.5 cm³/mol. The Balaban J connectivity index is 2.83. The fraction of sp³-hybridized carbons (Fsp3) is 0.182. The van der Waals surface area contributed by atoms with Crippen molar-refractivity contribution in [1.82, 2.24) is 4.98 Å². The van der Waals surface area contributed by atoms with Crippen LogP contribution in [0, 0.1) is 0 Å². The van der Waals surface area contributed by atoms with Crippen LogP contribution in [0.3, 0.4) is 0 Å². The molecule has 0 saturated carbocycles. The minimum atomic E-state index is -3.19. The van der Waals surface area contributed by atoms with E-state index >= 15 is 0 Å². The molecule has 0 aliphatic heterocycles. The molecule has 0 N–H and O–H groups in total. The summed E-state index contributed by atoms with van der Waals surface area (Å²) in [6, 6.07) is 7.36. The SMILES string of the molecule is CCS(=O)(=O)c1cncc2ccccc12. The highest BCUT2D eigenvalue weighted by Gasteiger charge is 2.14. The molecule has 0 saturated heterocycles. The van der Waals surface area contributed by atoms with Crippen molar-refractivity contribution in [2.24, 2.45) is 0 Å². The third kappa shape index (κ3) is 1.72. The fourth-order valence-corrected chi connectivity index (χ4v) is 2.55. The maximum absolute atomic E-state index is 11.8. The average molecular weight is 221 g/mol. The first-order chi connectivity index (χ1) is 7.15. The molecule has 0 unspecified atom stereocenters. The number of nitrogens with zero attached hydrogens (tertiary/aromatic N) is 1. The van der Waals surface area contributed by atoms with E-state index in [1.54, 1.807) is 19.2 Å². The van der Waals surface area contributed by atoms with Gasteiger partial charge >= 0.3 is 0 Å². The van der Waals surface area contributed by atoms with Gasteiger partial charge in [0.25, 0.3) is 0 Å². The van der Waals surface area contributed by atoms with Gasteiger partial charge in [-0.1, -0.05) is 31.2 Å². The van der Waals surface area contributed by atoms with E-state index in [-0.39, 0.29) is 5.75 Å². The first-order valence-corrected chi connectivity index (χ1v) is 6.36. The van der Waals surface area contributed by atoms with Gasteiger partial charge in [-0.05, 0) is 0 Å². The van der Waals surface area contributed by atoms with E-state index < -0.39 is 9.84 Å². The van der Waals surface area contributed by atoms with E-state index in [1.165, 1.54) is 6.20 Å². The molecule has 2 rings (SSSR count). The Hall–Kier alpha value is -1.42. The Kier molecular flexibility index (Phi) is 2.44. The zero-order valence-electron chi connectivity index (χ0n) is 8.34. The molecular weight excluding hydrogens is 210 g/mol. The molecule has 3 nitrogen and oxygen atoms in total. The van der Waals surface area contributed by atoms with Crippen molar-refractivity contribution >= 4 is 20.6 Å². The Morgan fingerprint density at radius 1 is 1.20 bits per heavy atom. The molecule has 0 fully saturated rings. The molecule has 2 aromatic rings. The molecule has 0 atom stereocenters. The smallest absolute Gasteiger partial charge is 0.180 e. The van der Waals surface area contributed by atoms with Crippen molar-refractivity contribution in [3.05, 3.63) is 36.7 Å². The van der Waals surface area contributed by atoms with Crippen LogP contribution in [0.25, 0.3) is 10.8 Å². The zero-order chi connectivity index (χ0) is 10.9. The summed E-state index contributed by atoms with van der Waals surface area (Å²) < 4.78 is 23.5. The first kappa shape index (κ1) is 10.1. The van der Waals surface area contributed by atoms with Gasteiger partial charge in [0.15, 0.2) is 9.84 Å². The van der Waals surface area contributed by atoms with Crippen molar-refractivity contribution in [2.75, 3.05) is 5.75 Å². The molecule has 4 heteroatoms. The first-order valence-electron chi connectivity index (χ1n) is 4.70. The number of aromatic nitrogens is 1. The van der Waals surface area contributed by atoms with Crippen LogP contribution in [-0.4, -0.2) is 19.2 Å². The summed E-state index contributed by atoms with van der Waals surface area (Å²) in [5.74, 6) is 0.0999. The normalized spacial score (nSPS) is 11.8. The number of fused-ring (bicyclic) bond motifs is 1. The molecule has 1 aromatic heterocycles. The molecule has 0 radical (unpaired) electrons. The lowest BCUT2D eigenvalue weighted by molar-refractivity contribution is 0.598. The van der Waals surface area contributed by atoms with Gasteiger partial charge < -0.3 is 0 Å². The summed E-state index contributed by atoms with van der Waals surface area (Å²) in [5, 5.41) is 1.60. The molecule has 0 aliphatic carbocycles. The highest BCUT2D eigenvalue weighted by molar-refractivity contribution is 7.91. The molecule has 0 amide bonds. The quantitative estimate of drug-likeness (QED) is 0.779. The summed E-state index contributed by atoms with van der Waals surface area (Å²) >= 11 is 0.